The van der Waals surface area contributed by atoms with Crippen LogP contribution in [0.1, 0.15) is 11.3 Å². The van der Waals surface area contributed by atoms with Gasteiger partial charge in [0.05, 0.1) is 11.9 Å². The maximum Gasteiger partial charge on any atom is 0.0679 e. The number of nitrogens with zero attached hydrogens (tertiary/aromatic N) is 3. The molecule has 0 saturated heterocycles. The van der Waals surface area contributed by atoms with Gasteiger partial charge in [-0.05, 0) is 19.1 Å². The Hall–Kier alpha value is -1.68. The lowest BCUT2D eigenvalue weighted by Gasteiger charge is -2.00. The van der Waals surface area contributed by atoms with Crippen molar-refractivity contribution in [3.63, 3.8) is 0 Å². The van der Waals surface area contributed by atoms with Gasteiger partial charge in [0, 0.05) is 30.2 Å². The molecule has 0 radical (unpaired) electrons. The third kappa shape index (κ3) is 1.65. The summed E-state index contributed by atoms with van der Waals surface area (Å²) in [6.07, 6.45) is 5.47. The highest BCUT2D eigenvalue weighted by Gasteiger charge is 1.99. The molecule has 2 rings (SSSR count). The van der Waals surface area contributed by atoms with Crippen LogP contribution in [0.4, 0.5) is 0 Å². The molecule has 14 heavy (non-hydrogen) atoms. The summed E-state index contributed by atoms with van der Waals surface area (Å²) >= 11 is 0. The molecule has 4 heteroatoms. The van der Waals surface area contributed by atoms with Gasteiger partial charge < -0.3 is 5.73 Å². The van der Waals surface area contributed by atoms with E-state index < -0.39 is 0 Å². The maximum absolute atomic E-state index is 5.51. The molecule has 0 aliphatic heterocycles. The van der Waals surface area contributed by atoms with E-state index in [9.17, 15) is 0 Å². The number of nitrogens with two attached hydrogens (primary N) is 1. The highest BCUT2D eigenvalue weighted by atomic mass is 15.3. The molecule has 2 N–H and O–H groups in total. The van der Waals surface area contributed by atoms with Crippen molar-refractivity contribution in [2.24, 2.45) is 5.73 Å². The Bertz CT molecular complexity index is 433. The normalized spacial score (nSPS) is 10.4. The second-order valence-electron chi connectivity index (χ2n) is 3.15. The molecular weight excluding hydrogens is 176 g/mol. The maximum atomic E-state index is 5.51. The van der Waals surface area contributed by atoms with Crippen molar-refractivity contribution < 1.29 is 0 Å². The second kappa shape index (κ2) is 3.59. The molecule has 4 nitrogen and oxygen atoms in total. The van der Waals surface area contributed by atoms with E-state index in [1.165, 1.54) is 0 Å². The molecule has 0 amide bonds. The molecule has 2 aromatic rings. The molecule has 0 aliphatic rings. The van der Waals surface area contributed by atoms with E-state index >= 15 is 0 Å². The first-order valence-corrected chi connectivity index (χ1v) is 4.46. The van der Waals surface area contributed by atoms with Gasteiger partial charge in [0.1, 0.15) is 0 Å². The smallest absolute Gasteiger partial charge is 0.0679 e. The highest BCUT2D eigenvalue weighted by Crippen LogP contribution is 2.07. The minimum Gasteiger partial charge on any atom is -0.326 e. The average Bonchev–Trinajstić information content (AvgIpc) is 2.66. The third-order valence-electron chi connectivity index (χ3n) is 2.02. The summed E-state index contributed by atoms with van der Waals surface area (Å²) < 4.78 is 1.80. The van der Waals surface area contributed by atoms with Gasteiger partial charge in [-0.1, -0.05) is 0 Å². The monoisotopic (exact) mass is 188 g/mol. The summed E-state index contributed by atoms with van der Waals surface area (Å²) in [7, 11) is 0. The number of hydrogen-bond acceptors (Lipinski definition) is 3. The predicted octanol–water partition coefficient (Wildman–Crippen LogP) is 1.03. The first-order valence-electron chi connectivity index (χ1n) is 4.46. The van der Waals surface area contributed by atoms with E-state index in [2.05, 4.69) is 10.1 Å². The van der Waals surface area contributed by atoms with Crippen molar-refractivity contribution in [2.75, 3.05) is 0 Å². The van der Waals surface area contributed by atoms with Crippen LogP contribution in [0.25, 0.3) is 5.69 Å². The largest absolute Gasteiger partial charge is 0.326 e. The van der Waals surface area contributed by atoms with E-state index in [0.29, 0.717) is 6.54 Å². The molecule has 0 atom stereocenters. The standard InChI is InChI=1S/C10H12N4/c1-8-4-10(2-3-12-8)14-7-9(5-11)6-13-14/h2-4,6-7H,5,11H2,1H3. The molecule has 72 valence electrons. The van der Waals surface area contributed by atoms with Crippen LogP contribution in [-0.2, 0) is 6.54 Å². The van der Waals surface area contributed by atoms with Gasteiger partial charge in [-0.15, -0.1) is 0 Å². The number of hydrogen-bond donors (Lipinski definition) is 1. The molecule has 2 heterocycles. The molecule has 0 spiro atoms. The van der Waals surface area contributed by atoms with Crippen molar-refractivity contribution >= 4 is 0 Å². The zero-order valence-corrected chi connectivity index (χ0v) is 8.01. The van der Waals surface area contributed by atoms with Crippen LogP contribution in [0.5, 0.6) is 0 Å². The van der Waals surface area contributed by atoms with Gasteiger partial charge in [-0.3, -0.25) is 4.98 Å². The van der Waals surface area contributed by atoms with Gasteiger partial charge in [0.2, 0.25) is 0 Å². The van der Waals surface area contributed by atoms with Gasteiger partial charge in [-0.25, -0.2) is 4.68 Å². The van der Waals surface area contributed by atoms with Crippen LogP contribution in [0.2, 0.25) is 0 Å². The summed E-state index contributed by atoms with van der Waals surface area (Å²) in [6.45, 7) is 2.47. The first kappa shape index (κ1) is 8.90. The van der Waals surface area contributed by atoms with E-state index in [-0.39, 0.29) is 0 Å². The first-order chi connectivity index (χ1) is 6.79. The molecule has 0 bridgehead atoms. The zero-order valence-electron chi connectivity index (χ0n) is 8.01. The van der Waals surface area contributed by atoms with Gasteiger partial charge in [-0.2, -0.15) is 5.10 Å². The van der Waals surface area contributed by atoms with Crippen molar-refractivity contribution in [1.82, 2.24) is 14.8 Å². The Kier molecular flexibility index (Phi) is 2.28. The fourth-order valence-electron chi connectivity index (χ4n) is 1.28. The minimum absolute atomic E-state index is 0.518. The van der Waals surface area contributed by atoms with Crippen LogP contribution in [0, 0.1) is 6.92 Å². The summed E-state index contributed by atoms with van der Waals surface area (Å²) in [5.74, 6) is 0. The van der Waals surface area contributed by atoms with Crippen LogP contribution >= 0.6 is 0 Å². The van der Waals surface area contributed by atoms with Crippen molar-refractivity contribution in [3.8, 4) is 5.69 Å². The molecular formula is C10H12N4. The Morgan fingerprint density at radius 2 is 2.36 bits per heavy atom. The highest BCUT2D eigenvalue weighted by molar-refractivity contribution is 5.31. The Balaban J connectivity index is 2.39. The fraction of sp³-hybridized carbons (Fsp3) is 0.200. The quantitative estimate of drug-likeness (QED) is 0.766. The molecule has 2 aromatic heterocycles. The molecule has 0 fully saturated rings. The number of pyridine rings is 1. The van der Waals surface area contributed by atoms with Crippen molar-refractivity contribution in [1.29, 1.82) is 0 Å². The topological polar surface area (TPSA) is 56.7 Å². The Labute approximate surface area is 82.4 Å². The Morgan fingerprint density at radius 1 is 1.50 bits per heavy atom. The van der Waals surface area contributed by atoms with E-state index in [1.807, 2.05) is 25.3 Å². The van der Waals surface area contributed by atoms with E-state index in [4.69, 9.17) is 5.73 Å². The van der Waals surface area contributed by atoms with Gasteiger partial charge in [0.15, 0.2) is 0 Å². The summed E-state index contributed by atoms with van der Waals surface area (Å²) in [5, 5.41) is 4.21. The summed E-state index contributed by atoms with van der Waals surface area (Å²) in [5.41, 5.74) is 8.52. The lowest BCUT2D eigenvalue weighted by molar-refractivity contribution is 0.873. The summed E-state index contributed by atoms with van der Waals surface area (Å²) in [4.78, 5) is 4.13. The molecule has 0 saturated carbocycles. The predicted molar refractivity (Wildman–Crippen MR) is 54.0 cm³/mol. The lowest BCUT2D eigenvalue weighted by atomic mass is 10.3. The van der Waals surface area contributed by atoms with Crippen LogP contribution in [0.15, 0.2) is 30.7 Å². The molecule has 0 aromatic carbocycles. The van der Waals surface area contributed by atoms with Crippen molar-refractivity contribution in [3.05, 3.63) is 42.0 Å². The SMILES string of the molecule is Cc1cc(-n2cc(CN)cn2)ccn1. The second-order valence-corrected chi connectivity index (χ2v) is 3.15. The van der Waals surface area contributed by atoms with Crippen molar-refractivity contribution in [2.45, 2.75) is 13.5 Å². The van der Waals surface area contributed by atoms with Gasteiger partial charge >= 0.3 is 0 Å². The zero-order chi connectivity index (χ0) is 9.97. The van der Waals surface area contributed by atoms with E-state index in [0.717, 1.165) is 16.9 Å². The molecule has 0 unspecified atom stereocenters. The number of aromatic nitrogens is 3. The average molecular weight is 188 g/mol. The lowest BCUT2D eigenvalue weighted by Crippen LogP contribution is -1.96. The van der Waals surface area contributed by atoms with Crippen LogP contribution in [-0.4, -0.2) is 14.8 Å². The molecule has 0 aliphatic carbocycles. The van der Waals surface area contributed by atoms with Crippen LogP contribution < -0.4 is 5.73 Å². The van der Waals surface area contributed by atoms with E-state index in [1.54, 1.807) is 17.1 Å². The third-order valence-corrected chi connectivity index (χ3v) is 2.02. The number of rotatable bonds is 2. The number of aryl methyl sites for hydroxylation is 1. The minimum atomic E-state index is 0.518. The summed E-state index contributed by atoms with van der Waals surface area (Å²) in [6, 6.07) is 3.90. The fourth-order valence-corrected chi connectivity index (χ4v) is 1.28. The Morgan fingerprint density at radius 3 is 3.00 bits per heavy atom. The van der Waals surface area contributed by atoms with Gasteiger partial charge in [0.25, 0.3) is 0 Å². The van der Waals surface area contributed by atoms with Crippen LogP contribution in [0.3, 0.4) is 0 Å².